The number of aromatic nitrogens is 3. The standard InChI is InChI=1S/C7H6N4O3.H2O/c1-10-3-9-5-6(10)4(11(13)14)2-8-7(5)12;/h2-3H,1H3,(H,8,12);1H2. The van der Waals surface area contributed by atoms with Crippen molar-refractivity contribution < 1.29 is 10.4 Å². The van der Waals surface area contributed by atoms with E-state index >= 15 is 0 Å². The fraction of sp³-hybridized carbons (Fsp3) is 0.143. The Balaban J connectivity index is 0.00000112. The molecule has 0 bridgehead atoms. The van der Waals surface area contributed by atoms with Crippen LogP contribution in [-0.4, -0.2) is 24.9 Å². The Kier molecular flexibility index (Phi) is 2.53. The number of aryl methyl sites for hydroxylation is 1. The van der Waals surface area contributed by atoms with Crippen molar-refractivity contribution in [1.82, 2.24) is 14.5 Å². The van der Waals surface area contributed by atoms with E-state index in [0.717, 1.165) is 6.20 Å². The van der Waals surface area contributed by atoms with E-state index in [4.69, 9.17) is 0 Å². The number of H-pyrrole nitrogens is 1. The third-order valence-corrected chi connectivity index (χ3v) is 1.93. The van der Waals surface area contributed by atoms with E-state index in [0.29, 0.717) is 0 Å². The van der Waals surface area contributed by atoms with Gasteiger partial charge in [-0.25, -0.2) is 4.98 Å². The fourth-order valence-electron chi connectivity index (χ4n) is 1.31. The maximum absolute atomic E-state index is 11.2. The second kappa shape index (κ2) is 3.50. The highest BCUT2D eigenvalue weighted by atomic mass is 16.6. The van der Waals surface area contributed by atoms with Crippen molar-refractivity contribution in [1.29, 1.82) is 0 Å². The van der Waals surface area contributed by atoms with Gasteiger partial charge < -0.3 is 15.0 Å². The molecule has 0 radical (unpaired) electrons. The largest absolute Gasteiger partial charge is 0.412 e. The van der Waals surface area contributed by atoms with Crippen molar-refractivity contribution in [2.75, 3.05) is 0 Å². The molecule has 2 rings (SSSR count). The molecule has 0 saturated heterocycles. The summed E-state index contributed by atoms with van der Waals surface area (Å²) in [6.45, 7) is 0. The van der Waals surface area contributed by atoms with E-state index in [9.17, 15) is 14.9 Å². The molecule has 0 aliphatic heterocycles. The van der Waals surface area contributed by atoms with Gasteiger partial charge in [-0.15, -0.1) is 0 Å². The van der Waals surface area contributed by atoms with Crippen molar-refractivity contribution in [3.63, 3.8) is 0 Å². The summed E-state index contributed by atoms with van der Waals surface area (Å²) in [4.78, 5) is 27.3. The number of hydrogen-bond acceptors (Lipinski definition) is 4. The molecule has 3 N–H and O–H groups in total. The summed E-state index contributed by atoms with van der Waals surface area (Å²) in [6.07, 6.45) is 2.44. The zero-order valence-electron chi connectivity index (χ0n) is 7.72. The number of fused-ring (bicyclic) bond motifs is 1. The van der Waals surface area contributed by atoms with Gasteiger partial charge in [0.1, 0.15) is 0 Å². The monoisotopic (exact) mass is 212 g/mol. The van der Waals surface area contributed by atoms with Gasteiger partial charge in [0.2, 0.25) is 0 Å². The van der Waals surface area contributed by atoms with Crippen LogP contribution in [0.2, 0.25) is 0 Å². The number of nitrogens with zero attached hydrogens (tertiary/aromatic N) is 3. The van der Waals surface area contributed by atoms with E-state index in [1.165, 1.54) is 10.9 Å². The second-order valence-electron chi connectivity index (χ2n) is 2.81. The van der Waals surface area contributed by atoms with Crippen molar-refractivity contribution >= 4 is 16.7 Å². The summed E-state index contributed by atoms with van der Waals surface area (Å²) in [6, 6.07) is 0. The molecule has 0 saturated carbocycles. The maximum Gasteiger partial charge on any atom is 0.311 e. The van der Waals surface area contributed by atoms with Crippen molar-refractivity contribution in [3.8, 4) is 0 Å². The smallest absolute Gasteiger partial charge is 0.311 e. The molecule has 0 atom stereocenters. The number of nitrogens with one attached hydrogen (secondary N) is 1. The van der Waals surface area contributed by atoms with Gasteiger partial charge in [0.05, 0.1) is 17.4 Å². The Labute approximate surface area is 82.6 Å². The first-order chi connectivity index (χ1) is 6.61. The Hall–Kier alpha value is -2.22. The number of pyridine rings is 1. The summed E-state index contributed by atoms with van der Waals surface area (Å²) >= 11 is 0. The lowest BCUT2D eigenvalue weighted by molar-refractivity contribution is -0.383. The molecular formula is C7H8N4O4. The molecule has 0 spiro atoms. The molecule has 0 aliphatic rings. The molecule has 15 heavy (non-hydrogen) atoms. The second-order valence-corrected chi connectivity index (χ2v) is 2.81. The third-order valence-electron chi connectivity index (χ3n) is 1.93. The fourth-order valence-corrected chi connectivity index (χ4v) is 1.31. The van der Waals surface area contributed by atoms with E-state index in [2.05, 4.69) is 9.97 Å². The van der Waals surface area contributed by atoms with Gasteiger partial charge in [0, 0.05) is 7.05 Å². The summed E-state index contributed by atoms with van der Waals surface area (Å²) in [5.41, 5.74) is -0.258. The predicted molar refractivity (Wildman–Crippen MR) is 51.6 cm³/mol. The predicted octanol–water partition coefficient (Wildman–Crippen LogP) is -0.655. The van der Waals surface area contributed by atoms with Crippen molar-refractivity contribution in [2.24, 2.45) is 7.05 Å². The molecule has 8 nitrogen and oxygen atoms in total. The first-order valence-corrected chi connectivity index (χ1v) is 3.78. The lowest BCUT2D eigenvalue weighted by Crippen LogP contribution is -2.07. The van der Waals surface area contributed by atoms with Crippen LogP contribution in [0.1, 0.15) is 0 Å². The minimum absolute atomic E-state index is 0. The Morgan fingerprint density at radius 1 is 1.60 bits per heavy atom. The van der Waals surface area contributed by atoms with Gasteiger partial charge >= 0.3 is 5.69 Å². The number of hydrogen-bond donors (Lipinski definition) is 1. The van der Waals surface area contributed by atoms with Gasteiger partial charge in [-0.1, -0.05) is 0 Å². The first kappa shape index (κ1) is 10.9. The summed E-state index contributed by atoms with van der Waals surface area (Å²) < 4.78 is 1.45. The van der Waals surface area contributed by atoms with Crippen molar-refractivity contribution in [3.05, 3.63) is 33.0 Å². The third kappa shape index (κ3) is 1.46. The Bertz CT molecular complexity index is 570. The molecule has 80 valence electrons. The Morgan fingerprint density at radius 2 is 2.27 bits per heavy atom. The first-order valence-electron chi connectivity index (χ1n) is 3.78. The van der Waals surface area contributed by atoms with Crippen LogP contribution in [0.4, 0.5) is 5.69 Å². The SMILES string of the molecule is Cn1cnc2c(=O)[nH]cc([N+](=O)[O-])c21.O. The van der Waals surface area contributed by atoms with Crippen LogP contribution in [0.5, 0.6) is 0 Å². The summed E-state index contributed by atoms with van der Waals surface area (Å²) in [5.74, 6) is 0. The van der Waals surface area contributed by atoms with E-state index in [1.807, 2.05) is 0 Å². The highest BCUT2D eigenvalue weighted by Gasteiger charge is 2.17. The molecule has 0 aromatic carbocycles. The van der Waals surface area contributed by atoms with E-state index < -0.39 is 10.5 Å². The zero-order chi connectivity index (χ0) is 10.3. The van der Waals surface area contributed by atoms with Crippen LogP contribution in [0.3, 0.4) is 0 Å². The van der Waals surface area contributed by atoms with E-state index in [-0.39, 0.29) is 22.2 Å². The average Bonchev–Trinajstić information content (AvgIpc) is 2.50. The molecular weight excluding hydrogens is 204 g/mol. The maximum atomic E-state index is 11.2. The van der Waals surface area contributed by atoms with Crippen LogP contribution in [0.15, 0.2) is 17.3 Å². The lowest BCUT2D eigenvalue weighted by Gasteiger charge is -1.95. The van der Waals surface area contributed by atoms with Crippen LogP contribution >= 0.6 is 0 Å². The summed E-state index contributed by atoms with van der Waals surface area (Å²) in [5, 5.41) is 10.6. The molecule has 0 unspecified atom stereocenters. The molecule has 0 fully saturated rings. The van der Waals surface area contributed by atoms with Crippen LogP contribution in [0.25, 0.3) is 11.0 Å². The van der Waals surface area contributed by atoms with Gasteiger partial charge in [0.15, 0.2) is 11.0 Å². The van der Waals surface area contributed by atoms with Crippen molar-refractivity contribution in [2.45, 2.75) is 0 Å². The average molecular weight is 212 g/mol. The molecule has 0 amide bonds. The van der Waals surface area contributed by atoms with Gasteiger partial charge in [-0.2, -0.15) is 0 Å². The topological polar surface area (TPSA) is 125 Å². The Morgan fingerprint density at radius 3 is 2.87 bits per heavy atom. The van der Waals surface area contributed by atoms with Crippen LogP contribution in [0, 0.1) is 10.1 Å². The van der Waals surface area contributed by atoms with Gasteiger partial charge in [-0.3, -0.25) is 14.9 Å². The molecule has 8 heteroatoms. The van der Waals surface area contributed by atoms with E-state index in [1.54, 1.807) is 7.05 Å². The van der Waals surface area contributed by atoms with Gasteiger partial charge in [0.25, 0.3) is 5.56 Å². The number of aromatic amines is 1. The highest BCUT2D eigenvalue weighted by molar-refractivity contribution is 5.83. The normalized spacial score (nSPS) is 9.93. The molecule has 2 aromatic rings. The minimum atomic E-state index is -0.556. The number of nitro groups is 1. The van der Waals surface area contributed by atoms with Gasteiger partial charge in [-0.05, 0) is 0 Å². The lowest BCUT2D eigenvalue weighted by atomic mass is 10.3. The number of imidazole rings is 1. The highest BCUT2D eigenvalue weighted by Crippen LogP contribution is 2.19. The molecule has 2 heterocycles. The quantitative estimate of drug-likeness (QED) is 0.497. The zero-order valence-corrected chi connectivity index (χ0v) is 7.72. The number of rotatable bonds is 1. The summed E-state index contributed by atoms with van der Waals surface area (Å²) in [7, 11) is 1.60. The van der Waals surface area contributed by atoms with Crippen LogP contribution < -0.4 is 5.56 Å². The minimum Gasteiger partial charge on any atom is -0.412 e. The molecule has 0 aliphatic carbocycles. The molecule has 2 aromatic heterocycles. The van der Waals surface area contributed by atoms with Crippen LogP contribution in [-0.2, 0) is 7.05 Å².